The number of carbonyl (C=O) groups is 1. The van der Waals surface area contributed by atoms with E-state index >= 15 is 0 Å². The molecule has 0 amide bonds. The molecule has 2 aromatic heterocycles. The Morgan fingerprint density at radius 2 is 2.11 bits per heavy atom. The highest BCUT2D eigenvalue weighted by Crippen LogP contribution is 2.18. The maximum atomic E-state index is 10.9. The van der Waals surface area contributed by atoms with Crippen molar-refractivity contribution in [1.82, 2.24) is 24.7 Å². The van der Waals surface area contributed by atoms with Crippen molar-refractivity contribution in [3.05, 3.63) is 42.7 Å². The fourth-order valence-electron chi connectivity index (χ4n) is 1.68. The summed E-state index contributed by atoms with van der Waals surface area (Å²) < 4.78 is 1.50. The van der Waals surface area contributed by atoms with E-state index in [0.29, 0.717) is 16.7 Å². The second-order valence-corrected chi connectivity index (χ2v) is 3.57. The third-order valence-electron chi connectivity index (χ3n) is 2.50. The molecule has 0 saturated carbocycles. The lowest BCUT2D eigenvalue weighted by Gasteiger charge is -2.04. The molecule has 3 aromatic rings. The molecular weight excluding hydrogens is 234 g/mol. The van der Waals surface area contributed by atoms with E-state index in [0.717, 1.165) is 0 Å². The smallest absolute Gasteiger partial charge is 0.335 e. The van der Waals surface area contributed by atoms with Crippen LogP contribution in [0.4, 0.5) is 0 Å². The van der Waals surface area contributed by atoms with E-state index < -0.39 is 5.97 Å². The van der Waals surface area contributed by atoms with Crippen LogP contribution in [-0.2, 0) is 0 Å². The minimum absolute atomic E-state index is 0.186. The molecule has 1 aromatic carbocycles. The molecule has 7 nitrogen and oxygen atoms in total. The van der Waals surface area contributed by atoms with Gasteiger partial charge in [0.2, 0.25) is 0 Å². The molecule has 7 heteroatoms. The van der Waals surface area contributed by atoms with Crippen LogP contribution in [0.25, 0.3) is 16.7 Å². The Morgan fingerprint density at radius 3 is 2.83 bits per heavy atom. The number of fused-ring (bicyclic) bond motifs is 1. The highest BCUT2D eigenvalue weighted by atomic mass is 16.4. The zero-order valence-corrected chi connectivity index (χ0v) is 9.06. The number of aromatic nitrogens is 5. The second-order valence-electron chi connectivity index (χ2n) is 3.57. The lowest BCUT2D eigenvalue weighted by molar-refractivity contribution is 0.0697. The topological polar surface area (TPSA) is 93.8 Å². The fraction of sp³-hybridized carbons (Fsp3) is 0. The van der Waals surface area contributed by atoms with Crippen LogP contribution in [0.3, 0.4) is 0 Å². The minimum atomic E-state index is -0.988. The third-order valence-corrected chi connectivity index (χ3v) is 2.50. The van der Waals surface area contributed by atoms with Gasteiger partial charge < -0.3 is 5.11 Å². The van der Waals surface area contributed by atoms with Crippen LogP contribution in [0.1, 0.15) is 10.4 Å². The molecular formula is C11H7N5O2. The molecule has 2 heterocycles. The third kappa shape index (κ3) is 1.58. The summed E-state index contributed by atoms with van der Waals surface area (Å²) in [5.41, 5.74) is 0.737. The summed E-state index contributed by atoms with van der Waals surface area (Å²) in [6.07, 6.45) is 4.29. The largest absolute Gasteiger partial charge is 0.478 e. The van der Waals surface area contributed by atoms with Crippen molar-refractivity contribution in [3.8, 4) is 5.82 Å². The molecule has 0 aliphatic carbocycles. The highest BCUT2D eigenvalue weighted by Gasteiger charge is 2.09. The number of carboxylic acids is 1. The number of nitrogens with zero attached hydrogens (tertiary/aromatic N) is 5. The van der Waals surface area contributed by atoms with Crippen molar-refractivity contribution in [2.45, 2.75) is 0 Å². The molecule has 3 rings (SSSR count). The van der Waals surface area contributed by atoms with E-state index in [4.69, 9.17) is 5.11 Å². The summed E-state index contributed by atoms with van der Waals surface area (Å²) in [6.45, 7) is 0. The van der Waals surface area contributed by atoms with Gasteiger partial charge in [0.25, 0.3) is 0 Å². The second kappa shape index (κ2) is 3.88. The first-order valence-corrected chi connectivity index (χ1v) is 5.09. The number of benzene rings is 1. The summed E-state index contributed by atoms with van der Waals surface area (Å²) in [4.78, 5) is 22.9. The lowest BCUT2D eigenvalue weighted by atomic mass is 10.1. The fourth-order valence-corrected chi connectivity index (χ4v) is 1.68. The molecule has 0 unspecified atom stereocenters. The molecule has 0 aliphatic rings. The Kier molecular flexibility index (Phi) is 2.23. The first kappa shape index (κ1) is 10.3. The van der Waals surface area contributed by atoms with E-state index in [1.807, 2.05) is 0 Å². The van der Waals surface area contributed by atoms with Crippen LogP contribution in [-0.4, -0.2) is 35.8 Å². The van der Waals surface area contributed by atoms with Gasteiger partial charge in [0.1, 0.15) is 19.0 Å². The van der Waals surface area contributed by atoms with Crippen molar-refractivity contribution in [2.75, 3.05) is 0 Å². The predicted octanol–water partition coefficient (Wildman–Crippen LogP) is 0.909. The van der Waals surface area contributed by atoms with Crippen molar-refractivity contribution >= 4 is 16.9 Å². The summed E-state index contributed by atoms with van der Waals surface area (Å²) >= 11 is 0. The Labute approximate surface area is 101 Å². The predicted molar refractivity (Wildman–Crippen MR) is 61.4 cm³/mol. The van der Waals surface area contributed by atoms with Crippen LogP contribution in [0, 0.1) is 0 Å². The minimum Gasteiger partial charge on any atom is -0.478 e. The van der Waals surface area contributed by atoms with Crippen LogP contribution >= 0.6 is 0 Å². The quantitative estimate of drug-likeness (QED) is 0.716. The van der Waals surface area contributed by atoms with Gasteiger partial charge in [0, 0.05) is 5.39 Å². The maximum absolute atomic E-state index is 10.9. The average Bonchev–Trinajstić information content (AvgIpc) is 2.91. The van der Waals surface area contributed by atoms with E-state index in [1.54, 1.807) is 6.07 Å². The van der Waals surface area contributed by atoms with Gasteiger partial charge in [-0.1, -0.05) is 0 Å². The van der Waals surface area contributed by atoms with Gasteiger partial charge in [-0.3, -0.25) is 0 Å². The molecule has 0 fully saturated rings. The van der Waals surface area contributed by atoms with Gasteiger partial charge in [-0.25, -0.2) is 24.4 Å². The molecule has 0 atom stereocenters. The van der Waals surface area contributed by atoms with Crippen LogP contribution in [0.2, 0.25) is 0 Å². The summed E-state index contributed by atoms with van der Waals surface area (Å²) in [5, 5.41) is 13.6. The molecule has 0 saturated heterocycles. The molecule has 1 N–H and O–H groups in total. The zero-order valence-electron chi connectivity index (χ0n) is 9.06. The average molecular weight is 241 g/mol. The van der Waals surface area contributed by atoms with E-state index in [1.165, 1.54) is 35.8 Å². The van der Waals surface area contributed by atoms with E-state index in [2.05, 4.69) is 20.1 Å². The van der Waals surface area contributed by atoms with Gasteiger partial charge in [0.15, 0.2) is 5.82 Å². The Hall–Kier alpha value is -2.83. The highest BCUT2D eigenvalue weighted by molar-refractivity contribution is 5.94. The number of rotatable bonds is 2. The van der Waals surface area contributed by atoms with Gasteiger partial charge in [-0.2, -0.15) is 5.10 Å². The molecule has 0 spiro atoms. The maximum Gasteiger partial charge on any atom is 0.335 e. The first-order valence-electron chi connectivity index (χ1n) is 5.09. The van der Waals surface area contributed by atoms with E-state index in [-0.39, 0.29) is 5.56 Å². The lowest BCUT2D eigenvalue weighted by Crippen LogP contribution is -2.01. The normalized spacial score (nSPS) is 10.7. The Morgan fingerprint density at radius 1 is 1.22 bits per heavy atom. The molecule has 0 bridgehead atoms. The molecule has 0 aliphatic heterocycles. The zero-order chi connectivity index (χ0) is 12.5. The summed E-state index contributed by atoms with van der Waals surface area (Å²) in [6, 6.07) is 4.67. The standard InChI is InChI=1S/C11H7N5O2/c17-11(18)7-1-2-8-9(3-7)13-5-14-10(8)16-6-12-4-15-16/h1-6H,(H,17,18). The van der Waals surface area contributed by atoms with Gasteiger partial charge >= 0.3 is 5.97 Å². The van der Waals surface area contributed by atoms with Crippen LogP contribution in [0.15, 0.2) is 37.2 Å². The first-order chi connectivity index (χ1) is 8.75. The SMILES string of the molecule is O=C(O)c1ccc2c(-n3cncn3)ncnc2c1. The van der Waals surface area contributed by atoms with Gasteiger partial charge in [-0.15, -0.1) is 0 Å². The van der Waals surface area contributed by atoms with E-state index in [9.17, 15) is 4.79 Å². The van der Waals surface area contributed by atoms with Crippen molar-refractivity contribution in [3.63, 3.8) is 0 Å². The van der Waals surface area contributed by atoms with Crippen molar-refractivity contribution in [2.24, 2.45) is 0 Å². The number of carboxylic acid groups (broad SMARTS) is 1. The van der Waals surface area contributed by atoms with Crippen LogP contribution in [0.5, 0.6) is 0 Å². The monoisotopic (exact) mass is 241 g/mol. The van der Waals surface area contributed by atoms with Crippen molar-refractivity contribution < 1.29 is 9.90 Å². The molecule has 0 radical (unpaired) electrons. The number of hydrogen-bond acceptors (Lipinski definition) is 5. The van der Waals surface area contributed by atoms with Gasteiger partial charge in [0.05, 0.1) is 11.1 Å². The van der Waals surface area contributed by atoms with Crippen molar-refractivity contribution in [1.29, 1.82) is 0 Å². The molecule has 18 heavy (non-hydrogen) atoms. The number of hydrogen-bond donors (Lipinski definition) is 1. The Bertz CT molecular complexity index is 723. The molecule has 88 valence electrons. The Balaban J connectivity index is 2.26. The van der Waals surface area contributed by atoms with Gasteiger partial charge in [-0.05, 0) is 18.2 Å². The number of aromatic carboxylic acids is 1. The summed E-state index contributed by atoms with van der Waals surface area (Å²) in [7, 11) is 0. The van der Waals surface area contributed by atoms with Crippen LogP contribution < -0.4 is 0 Å². The summed E-state index contributed by atoms with van der Waals surface area (Å²) in [5.74, 6) is -0.424.